The fourth-order valence-electron chi connectivity index (χ4n) is 2.01. The zero-order valence-corrected chi connectivity index (χ0v) is 13.8. The normalized spacial score (nSPS) is 14.0. The number of halogens is 1. The summed E-state index contributed by atoms with van der Waals surface area (Å²) in [5.74, 6) is -1.09. The van der Waals surface area contributed by atoms with E-state index in [2.05, 4.69) is 5.32 Å². The highest BCUT2D eigenvalue weighted by Crippen LogP contribution is 2.34. The maximum absolute atomic E-state index is 12.0. The highest BCUT2D eigenvalue weighted by molar-refractivity contribution is 6.34. The monoisotopic (exact) mass is 328 g/mol. The molecule has 22 heavy (non-hydrogen) atoms. The lowest BCUT2D eigenvalue weighted by Gasteiger charge is -2.32. The number of aliphatic carboxylic acids is 1. The van der Waals surface area contributed by atoms with E-state index in [9.17, 15) is 9.59 Å². The number of ether oxygens (including phenoxy) is 1. The summed E-state index contributed by atoms with van der Waals surface area (Å²) in [7, 11) is 0. The summed E-state index contributed by atoms with van der Waals surface area (Å²) in [5, 5.41) is 11.9. The van der Waals surface area contributed by atoms with Gasteiger partial charge in [-0.1, -0.05) is 23.7 Å². The molecule has 7 heteroatoms. The molecule has 122 valence electrons. The SMILES string of the molecule is CC(C)(C)OC(=O)NC(C)(CC(=O)O)c1cccc(N)c1Cl. The van der Waals surface area contributed by atoms with Crippen molar-refractivity contribution in [3.8, 4) is 0 Å². The predicted octanol–water partition coefficient (Wildman–Crippen LogP) is 3.14. The Bertz CT molecular complexity index is 583. The Morgan fingerprint density at radius 1 is 1.32 bits per heavy atom. The summed E-state index contributed by atoms with van der Waals surface area (Å²) >= 11 is 6.17. The highest BCUT2D eigenvalue weighted by Gasteiger charge is 2.35. The number of carboxylic acids is 1. The van der Waals surface area contributed by atoms with E-state index in [1.54, 1.807) is 45.9 Å². The van der Waals surface area contributed by atoms with Crippen LogP contribution in [0.5, 0.6) is 0 Å². The van der Waals surface area contributed by atoms with Crippen LogP contribution in [0.15, 0.2) is 18.2 Å². The molecule has 0 radical (unpaired) electrons. The number of anilines is 1. The molecule has 0 aliphatic heterocycles. The lowest BCUT2D eigenvalue weighted by atomic mass is 9.88. The van der Waals surface area contributed by atoms with Crippen LogP contribution in [0.1, 0.15) is 39.7 Å². The fraction of sp³-hybridized carbons (Fsp3) is 0.467. The quantitative estimate of drug-likeness (QED) is 0.737. The van der Waals surface area contributed by atoms with Crippen LogP contribution in [-0.2, 0) is 15.1 Å². The van der Waals surface area contributed by atoms with E-state index in [0.29, 0.717) is 11.3 Å². The predicted molar refractivity (Wildman–Crippen MR) is 84.8 cm³/mol. The van der Waals surface area contributed by atoms with E-state index >= 15 is 0 Å². The molecule has 1 atom stereocenters. The number of hydrogen-bond acceptors (Lipinski definition) is 4. The Morgan fingerprint density at radius 2 is 1.91 bits per heavy atom. The Balaban J connectivity index is 3.18. The van der Waals surface area contributed by atoms with Gasteiger partial charge < -0.3 is 20.9 Å². The summed E-state index contributed by atoms with van der Waals surface area (Å²) in [5.41, 5.74) is 4.53. The maximum Gasteiger partial charge on any atom is 0.408 e. The van der Waals surface area contributed by atoms with Gasteiger partial charge in [-0.15, -0.1) is 0 Å². The van der Waals surface area contributed by atoms with Gasteiger partial charge in [0.1, 0.15) is 5.60 Å². The van der Waals surface area contributed by atoms with Crippen LogP contribution >= 0.6 is 11.6 Å². The second-order valence-corrected chi connectivity index (χ2v) is 6.62. The molecule has 1 unspecified atom stereocenters. The number of amides is 1. The van der Waals surface area contributed by atoms with Crippen LogP contribution in [-0.4, -0.2) is 22.8 Å². The van der Waals surface area contributed by atoms with Crippen molar-refractivity contribution in [2.45, 2.75) is 45.3 Å². The molecule has 0 aliphatic carbocycles. The number of carboxylic acid groups (broad SMARTS) is 1. The van der Waals surface area contributed by atoms with Gasteiger partial charge in [0.2, 0.25) is 0 Å². The third-order valence-electron chi connectivity index (χ3n) is 2.90. The summed E-state index contributed by atoms with van der Waals surface area (Å²) in [6, 6.07) is 4.87. The molecule has 0 heterocycles. The van der Waals surface area contributed by atoms with Crippen molar-refractivity contribution in [2.24, 2.45) is 0 Å². The number of hydrogen-bond donors (Lipinski definition) is 3. The average Bonchev–Trinajstić information content (AvgIpc) is 2.28. The number of alkyl carbamates (subject to hydrolysis) is 1. The van der Waals surface area contributed by atoms with Gasteiger partial charge in [0, 0.05) is 0 Å². The highest BCUT2D eigenvalue weighted by atomic mass is 35.5. The summed E-state index contributed by atoms with van der Waals surface area (Å²) < 4.78 is 5.19. The molecule has 1 aromatic rings. The zero-order valence-electron chi connectivity index (χ0n) is 13.1. The smallest absolute Gasteiger partial charge is 0.408 e. The van der Waals surface area contributed by atoms with Crippen molar-refractivity contribution < 1.29 is 19.4 Å². The first kappa shape index (κ1) is 18.1. The number of nitrogens with two attached hydrogens (primary N) is 1. The van der Waals surface area contributed by atoms with E-state index in [-0.39, 0.29) is 11.4 Å². The van der Waals surface area contributed by atoms with Crippen molar-refractivity contribution in [3.63, 3.8) is 0 Å². The van der Waals surface area contributed by atoms with Crippen LogP contribution in [0.3, 0.4) is 0 Å². The van der Waals surface area contributed by atoms with Crippen molar-refractivity contribution in [2.75, 3.05) is 5.73 Å². The Morgan fingerprint density at radius 3 is 2.41 bits per heavy atom. The molecule has 0 saturated carbocycles. The molecule has 0 fully saturated rings. The fourth-order valence-corrected chi connectivity index (χ4v) is 2.35. The zero-order chi connectivity index (χ0) is 17.1. The topological polar surface area (TPSA) is 102 Å². The second-order valence-electron chi connectivity index (χ2n) is 6.24. The Kier molecular flexibility index (Phi) is 5.30. The van der Waals surface area contributed by atoms with Crippen molar-refractivity contribution >= 4 is 29.4 Å². The number of nitrogens with one attached hydrogen (secondary N) is 1. The van der Waals surface area contributed by atoms with Gasteiger partial charge in [-0.3, -0.25) is 4.79 Å². The number of benzene rings is 1. The number of rotatable bonds is 4. The standard InChI is InChI=1S/C15H21ClN2O4/c1-14(2,3)22-13(21)18-15(4,8-11(19)20)9-6-5-7-10(17)12(9)16/h5-7H,8,17H2,1-4H3,(H,18,21)(H,19,20). The van der Waals surface area contributed by atoms with Crippen LogP contribution in [0.4, 0.5) is 10.5 Å². The molecular weight excluding hydrogens is 308 g/mol. The minimum Gasteiger partial charge on any atom is -0.481 e. The van der Waals surface area contributed by atoms with Crippen molar-refractivity contribution in [1.29, 1.82) is 0 Å². The molecule has 0 saturated heterocycles. The van der Waals surface area contributed by atoms with E-state index < -0.39 is 23.2 Å². The van der Waals surface area contributed by atoms with Gasteiger partial charge >= 0.3 is 12.1 Å². The Labute approximate surface area is 134 Å². The second kappa shape index (κ2) is 6.44. The van der Waals surface area contributed by atoms with Gasteiger partial charge in [0.15, 0.2) is 0 Å². The summed E-state index contributed by atoms with van der Waals surface area (Å²) in [6.45, 7) is 6.71. The van der Waals surface area contributed by atoms with Gasteiger partial charge in [-0.25, -0.2) is 4.79 Å². The van der Waals surface area contributed by atoms with Gasteiger partial charge in [0.25, 0.3) is 0 Å². The minimum atomic E-state index is -1.25. The molecule has 1 rings (SSSR count). The first-order chi connectivity index (χ1) is 9.94. The van der Waals surface area contributed by atoms with Gasteiger partial charge in [-0.2, -0.15) is 0 Å². The Hall–Kier alpha value is -1.95. The van der Waals surface area contributed by atoms with Crippen molar-refractivity contribution in [1.82, 2.24) is 5.32 Å². The van der Waals surface area contributed by atoms with Crippen molar-refractivity contribution in [3.05, 3.63) is 28.8 Å². The molecule has 0 bridgehead atoms. The minimum absolute atomic E-state index is 0.210. The van der Waals surface area contributed by atoms with Crippen LogP contribution in [0.2, 0.25) is 5.02 Å². The van der Waals surface area contributed by atoms with Gasteiger partial charge in [-0.05, 0) is 39.3 Å². The number of carbonyl (C=O) groups excluding carboxylic acids is 1. The molecule has 1 amide bonds. The van der Waals surface area contributed by atoms with Crippen LogP contribution < -0.4 is 11.1 Å². The van der Waals surface area contributed by atoms with Crippen LogP contribution in [0, 0.1) is 0 Å². The molecule has 1 aromatic carbocycles. The van der Waals surface area contributed by atoms with E-state index in [0.717, 1.165) is 0 Å². The molecular formula is C15H21ClN2O4. The molecule has 0 aliphatic rings. The summed E-state index contributed by atoms with van der Waals surface area (Å²) in [6.07, 6.45) is -1.09. The summed E-state index contributed by atoms with van der Waals surface area (Å²) in [4.78, 5) is 23.2. The molecule has 0 spiro atoms. The lowest BCUT2D eigenvalue weighted by molar-refractivity contribution is -0.138. The molecule has 4 N–H and O–H groups in total. The van der Waals surface area contributed by atoms with Gasteiger partial charge in [0.05, 0.1) is 22.7 Å². The first-order valence-electron chi connectivity index (χ1n) is 6.72. The number of carbonyl (C=O) groups is 2. The average molecular weight is 329 g/mol. The number of nitrogen functional groups attached to an aromatic ring is 1. The van der Waals surface area contributed by atoms with E-state index in [1.165, 1.54) is 0 Å². The lowest BCUT2D eigenvalue weighted by Crippen LogP contribution is -2.47. The molecule has 6 nitrogen and oxygen atoms in total. The molecule has 0 aromatic heterocycles. The first-order valence-corrected chi connectivity index (χ1v) is 7.10. The third kappa shape index (κ3) is 4.80. The maximum atomic E-state index is 12.0. The largest absolute Gasteiger partial charge is 0.481 e. The van der Waals surface area contributed by atoms with Crippen LogP contribution in [0.25, 0.3) is 0 Å². The third-order valence-corrected chi connectivity index (χ3v) is 3.33. The van der Waals surface area contributed by atoms with E-state index in [1.807, 2.05) is 0 Å². The van der Waals surface area contributed by atoms with E-state index in [4.69, 9.17) is 27.2 Å².